The van der Waals surface area contributed by atoms with E-state index in [0.29, 0.717) is 19.3 Å². The second-order valence-electron chi connectivity index (χ2n) is 31.8. The molecule has 5 rings (SSSR count). The second kappa shape index (κ2) is 43.5. The highest BCUT2D eigenvalue weighted by Gasteiger charge is 2.50. The van der Waals surface area contributed by atoms with Gasteiger partial charge in [0.2, 0.25) is 100 Å². The first-order chi connectivity index (χ1) is 54.8. The van der Waals surface area contributed by atoms with E-state index in [0.717, 1.165) is 45.4 Å². The lowest BCUT2D eigenvalue weighted by Gasteiger charge is -2.38. The minimum absolute atomic E-state index is 0.00341. The molecular formula is C80H123N17O20. The third-order valence-corrected chi connectivity index (χ3v) is 22.3. The van der Waals surface area contributed by atoms with Crippen molar-refractivity contribution in [2.45, 2.75) is 237 Å². The first kappa shape index (κ1) is 96.9. The maximum atomic E-state index is 14.8. The molecule has 15 atom stereocenters. The Hall–Kier alpha value is -10.7. The number of rotatable bonds is 40. The average Bonchev–Trinajstić information content (AvgIpc) is 1.67. The smallest absolute Gasteiger partial charge is 0.248 e. The van der Waals surface area contributed by atoms with Crippen LogP contribution >= 0.6 is 0 Å². The molecule has 3 aliphatic heterocycles. The number of likely N-dealkylation sites (N-methyl/N-ethyl adjacent to an activating group) is 6. The van der Waals surface area contributed by atoms with Gasteiger partial charge in [-0.1, -0.05) is 88.4 Å². The largest absolute Gasteiger partial charge is 0.394 e. The van der Waals surface area contributed by atoms with E-state index in [2.05, 4.69) is 37.2 Å². The van der Waals surface area contributed by atoms with Crippen molar-refractivity contribution in [2.75, 3.05) is 88.2 Å². The molecule has 0 bridgehead atoms. The summed E-state index contributed by atoms with van der Waals surface area (Å²) in [6.07, 6.45) is -2.77. The molecule has 0 aromatic heterocycles. The first-order valence-corrected chi connectivity index (χ1v) is 39.7. The number of β-amino-alcohol motifs (C(OH)–C–C–N with tert-alkyl or cyclic N) is 2. The molecule has 0 saturated carbocycles. The van der Waals surface area contributed by atoms with Gasteiger partial charge in [-0.25, -0.2) is 0 Å². The van der Waals surface area contributed by atoms with Gasteiger partial charge in [0.15, 0.2) is 0 Å². The zero-order valence-electron chi connectivity index (χ0n) is 70.5. The van der Waals surface area contributed by atoms with Crippen LogP contribution in [0.5, 0.6) is 0 Å². The maximum Gasteiger partial charge on any atom is 0.248 e. The molecule has 12 N–H and O–H groups in total. The number of likely N-dealkylation sites (tertiary alicyclic amines) is 3. The molecule has 3 aliphatic rings. The summed E-state index contributed by atoms with van der Waals surface area (Å²) in [5.74, 6) is -12.7. The van der Waals surface area contributed by atoms with Crippen molar-refractivity contribution in [3.8, 4) is 0 Å². The van der Waals surface area contributed by atoms with Crippen LogP contribution in [0, 0.1) is 5.92 Å². The van der Waals surface area contributed by atoms with Crippen LogP contribution in [0.15, 0.2) is 60.7 Å². The Labute approximate surface area is 683 Å². The topological polar surface area (TPSA) is 490 Å². The van der Waals surface area contributed by atoms with Crippen molar-refractivity contribution in [1.29, 1.82) is 0 Å². The van der Waals surface area contributed by atoms with E-state index < -0.39 is 229 Å². The van der Waals surface area contributed by atoms with E-state index in [-0.39, 0.29) is 64.1 Å². The molecule has 3 fully saturated rings. The summed E-state index contributed by atoms with van der Waals surface area (Å²) in [4.78, 5) is 245. The number of hydrogen-bond acceptors (Lipinski definition) is 20. The van der Waals surface area contributed by atoms with E-state index in [4.69, 9.17) is 5.73 Å². The van der Waals surface area contributed by atoms with Crippen molar-refractivity contribution >= 4 is 100 Å². The van der Waals surface area contributed by atoms with Crippen molar-refractivity contribution in [1.82, 2.24) is 81.3 Å². The van der Waals surface area contributed by atoms with Gasteiger partial charge in [0.1, 0.15) is 71.5 Å². The number of nitrogens with zero attached hydrogens (tertiary/aromatic N) is 9. The lowest BCUT2D eigenvalue weighted by molar-refractivity contribution is -0.152. The van der Waals surface area contributed by atoms with E-state index in [1.807, 2.05) is 30.3 Å². The number of nitrogens with two attached hydrogens (primary N) is 1. The van der Waals surface area contributed by atoms with Gasteiger partial charge in [0.25, 0.3) is 0 Å². The van der Waals surface area contributed by atoms with Crippen LogP contribution in [0.1, 0.15) is 145 Å². The fourth-order valence-electron chi connectivity index (χ4n) is 14.3. The lowest BCUT2D eigenvalue weighted by atomic mass is 9.94. The van der Waals surface area contributed by atoms with E-state index in [9.17, 15) is 96.8 Å². The van der Waals surface area contributed by atoms with Gasteiger partial charge in [-0.15, -0.1) is 0 Å². The molecule has 3 saturated heterocycles. The molecule has 10 unspecified atom stereocenters. The van der Waals surface area contributed by atoms with Gasteiger partial charge in [0.05, 0.1) is 44.5 Å². The zero-order valence-corrected chi connectivity index (χ0v) is 70.5. The summed E-state index contributed by atoms with van der Waals surface area (Å²) in [5, 5.41) is 50.5. The van der Waals surface area contributed by atoms with Crippen LogP contribution in [0.2, 0.25) is 0 Å². The summed E-state index contributed by atoms with van der Waals surface area (Å²) < 4.78 is 0. The van der Waals surface area contributed by atoms with Gasteiger partial charge in [-0.3, -0.25) is 81.5 Å². The maximum absolute atomic E-state index is 14.8. The predicted molar refractivity (Wildman–Crippen MR) is 427 cm³/mol. The Morgan fingerprint density at radius 2 is 1.05 bits per heavy atom. The predicted octanol–water partition coefficient (Wildman–Crippen LogP) is -3.36. The fraction of sp³-hybridized carbons (Fsp3) is 0.637. The van der Waals surface area contributed by atoms with Crippen molar-refractivity contribution in [3.63, 3.8) is 0 Å². The number of hydrogen-bond donors (Lipinski definition) is 11. The lowest BCUT2D eigenvalue weighted by Crippen LogP contribution is -2.64. The number of carbonyl (C=O) groups is 17. The number of amides is 17. The highest BCUT2D eigenvalue weighted by atomic mass is 16.3. The first-order valence-electron chi connectivity index (χ1n) is 39.7. The third-order valence-electron chi connectivity index (χ3n) is 22.3. The van der Waals surface area contributed by atoms with E-state index >= 15 is 0 Å². The molecule has 0 aliphatic carbocycles. The number of benzene rings is 2. The highest BCUT2D eigenvalue weighted by Crippen LogP contribution is 2.29. The molecule has 2 aromatic rings. The minimum atomic E-state index is -1.86. The van der Waals surface area contributed by atoms with Gasteiger partial charge in [-0.05, 0) is 104 Å². The summed E-state index contributed by atoms with van der Waals surface area (Å²) in [7, 11) is 8.00. The summed E-state index contributed by atoms with van der Waals surface area (Å²) in [6, 6.07) is 5.27. The number of primary amides is 1. The molecule has 37 nitrogen and oxygen atoms in total. The van der Waals surface area contributed by atoms with Crippen LogP contribution in [0.3, 0.4) is 0 Å². The van der Waals surface area contributed by atoms with Crippen LogP contribution < -0.4 is 43.0 Å². The Bertz CT molecular complexity index is 3910. The molecule has 648 valence electrons. The molecule has 17 amide bonds. The van der Waals surface area contributed by atoms with Gasteiger partial charge in [-0.2, -0.15) is 0 Å². The van der Waals surface area contributed by atoms with Gasteiger partial charge >= 0.3 is 0 Å². The molecule has 117 heavy (non-hydrogen) atoms. The standard InChI is InChI=1S/C80H123N17O20/c1-18-79(10,87-65(104)43-89(12)70(109)47(5)91(14)72(111)49(7)93(16)75(114)59(83-51(9)99)37-53-29-24-21-25-30-53)77(116)82-40-64(103)85-58(35-46(3)4)74(113)92(15)48(6)71(110)90(13)44-66(105)96-41-55(100)38-61(96)69(108)86-57(32-33-63(81)102)67(106)88-80(11,19-2)78(117)97-42-56(101)39-62(97)76(115)94(17)50(8)73(112)95-34-26-31-60(95)68(107)84-54(45-98)36-52-27-22-20-23-28-52/h20-25,27-30,46-50,54-62,98,100-101H,18-19,26,31-45H2,1-17H3,(H2,81,102)(H,82,116)(H,83,99)(H,84,107)(H,85,103)(H,86,108)(H,87,104)(H,88,106)/t47?,48?,49?,50?,54-,55-,56-,57?,58?,59?,60?,61?,62?,79+,80+/m0/s1. The molecule has 0 spiro atoms. The SMILES string of the molecule is CC[C@@](C)(NC(=O)CN(C)C(=O)C(C)N(C)C(=O)C(C)N(C)C(=O)C(Cc1ccccc1)NC(C)=O)C(=O)NCC(=O)NC(CC(C)C)C(=O)N(C)C(C)C(=O)N(C)CC(=O)N1C[C@@H](O)CC1C(=O)NC(CCC(N)=O)C(=O)N[C@](C)(CC)C(=O)N1C[C@@H](O)CC1C(=O)N(C)C(C)C(=O)N1CCCC1C(=O)N[C@H](CO)Cc1ccccc1. The minimum Gasteiger partial charge on any atom is -0.394 e. The van der Waals surface area contributed by atoms with Crippen LogP contribution in [0.25, 0.3) is 0 Å². The quantitative estimate of drug-likeness (QED) is 0.0310. The normalized spacial score (nSPS) is 19.5. The molecule has 0 radical (unpaired) electrons. The Balaban J connectivity index is 1.16. The number of aliphatic hydroxyl groups is 3. The highest BCUT2D eigenvalue weighted by molar-refractivity contribution is 6.01. The number of aliphatic hydroxyl groups excluding tert-OH is 3. The van der Waals surface area contributed by atoms with E-state index in [1.54, 1.807) is 58.0 Å². The zero-order chi connectivity index (χ0) is 88.0. The summed E-state index contributed by atoms with van der Waals surface area (Å²) in [5.41, 5.74) is 3.65. The average molecular weight is 1640 g/mol. The van der Waals surface area contributed by atoms with Crippen LogP contribution in [0.4, 0.5) is 0 Å². The third kappa shape index (κ3) is 26.2. The second-order valence-corrected chi connectivity index (χ2v) is 31.8. The van der Waals surface area contributed by atoms with Gasteiger partial charge in [0, 0.05) is 94.5 Å². The van der Waals surface area contributed by atoms with E-state index in [1.165, 1.54) is 101 Å². The van der Waals surface area contributed by atoms with Crippen LogP contribution in [-0.2, 0) is 94.3 Å². The van der Waals surface area contributed by atoms with Crippen molar-refractivity contribution in [3.05, 3.63) is 71.8 Å². The Morgan fingerprint density at radius 3 is 1.58 bits per heavy atom. The van der Waals surface area contributed by atoms with Gasteiger partial charge < -0.3 is 102 Å². The molecule has 37 heteroatoms. The summed E-state index contributed by atoms with van der Waals surface area (Å²) in [6.45, 7) is 13.6. The number of nitrogens with one attached hydrogen (secondary N) is 7. The van der Waals surface area contributed by atoms with Crippen molar-refractivity contribution in [2.24, 2.45) is 11.7 Å². The number of carbonyl (C=O) groups excluding carboxylic acids is 17. The monoisotopic (exact) mass is 1640 g/mol. The van der Waals surface area contributed by atoms with Crippen molar-refractivity contribution < 1.29 is 96.8 Å². The molecular weight excluding hydrogens is 1520 g/mol. The molecule has 3 heterocycles. The fourth-order valence-corrected chi connectivity index (χ4v) is 14.3. The Kier molecular flexibility index (Phi) is 36.0. The summed E-state index contributed by atoms with van der Waals surface area (Å²) >= 11 is 0. The Morgan fingerprint density at radius 1 is 0.547 bits per heavy atom. The molecule has 2 aromatic carbocycles. The van der Waals surface area contributed by atoms with Crippen LogP contribution in [-0.4, -0.2) is 338 Å².